The minimum Gasteiger partial charge on any atom is -0.454 e. The third kappa shape index (κ3) is 8.18. The number of furan rings is 2. The monoisotopic (exact) mass is 1210 g/mol. The summed E-state index contributed by atoms with van der Waals surface area (Å²) < 4.78 is 19.3. The number of nitrogens with zero attached hydrogens (tertiary/aromatic N) is 2. The Balaban J connectivity index is 0.00000315. The van der Waals surface area contributed by atoms with Gasteiger partial charge in [0.25, 0.3) is 0 Å². The smallest absolute Gasteiger partial charge is 0.159 e. The maximum Gasteiger partial charge on any atom is 0.159 e. The Kier molecular flexibility index (Phi) is 12.6. The molecule has 0 aliphatic heterocycles. The molecular weight excluding hydrogens is 1150 g/mol. The van der Waals surface area contributed by atoms with Crippen LogP contribution in [0.5, 0.6) is 0 Å². The van der Waals surface area contributed by atoms with Gasteiger partial charge < -0.3 is 18.6 Å². The van der Waals surface area contributed by atoms with E-state index < -0.39 is 5.41 Å². The van der Waals surface area contributed by atoms with Crippen LogP contribution in [0.2, 0.25) is 0 Å². The molecule has 4 heterocycles. The summed E-state index contributed by atoms with van der Waals surface area (Å²) in [5.41, 5.74) is 21.9. The van der Waals surface area contributed by atoms with E-state index in [2.05, 4.69) is 294 Å². The number of rotatable bonds is 6. The largest absolute Gasteiger partial charge is 0.454 e. The zero-order valence-corrected chi connectivity index (χ0v) is 54.2. The van der Waals surface area contributed by atoms with Crippen LogP contribution in [0.4, 0.5) is 34.1 Å². The first-order valence-electron chi connectivity index (χ1n) is 32.2. The second kappa shape index (κ2) is 20.7. The molecule has 0 N–H and O–H groups in total. The topological polar surface area (TPSA) is 32.8 Å². The van der Waals surface area contributed by atoms with Crippen LogP contribution in [0.25, 0.3) is 102 Å². The van der Waals surface area contributed by atoms with Gasteiger partial charge in [-0.05, 0) is 152 Å². The highest BCUT2D eigenvalue weighted by Gasteiger charge is 2.51. The van der Waals surface area contributed by atoms with Crippen molar-refractivity contribution < 1.29 is 8.83 Å². The quantitative estimate of drug-likeness (QED) is 0.166. The molecule has 1 spiro atoms. The van der Waals surface area contributed by atoms with Crippen molar-refractivity contribution in [2.75, 3.05) is 9.80 Å². The van der Waals surface area contributed by atoms with E-state index in [1.807, 2.05) is 36.5 Å². The summed E-state index contributed by atoms with van der Waals surface area (Å²) in [5, 5.41) is 9.31. The van der Waals surface area contributed by atoms with E-state index in [9.17, 15) is 0 Å². The van der Waals surface area contributed by atoms with Crippen molar-refractivity contribution in [2.45, 2.75) is 84.5 Å². The molecule has 11 aromatic carbocycles. The second-order valence-corrected chi connectivity index (χ2v) is 28.7. The summed E-state index contributed by atoms with van der Waals surface area (Å²) in [6.45, 7) is 17.8. The van der Waals surface area contributed by atoms with Crippen LogP contribution in [0, 0.1) is 0 Å². The molecule has 3 aliphatic carbocycles. The van der Waals surface area contributed by atoms with E-state index in [0.717, 1.165) is 90.8 Å². The predicted molar refractivity (Wildman–Crippen MR) is 392 cm³/mol. The molecule has 0 amide bonds. The minimum atomic E-state index is -0.788. The number of allylic oxidation sites excluding steroid dienone is 4. The maximum absolute atomic E-state index is 7.12. The van der Waals surface area contributed by atoms with Crippen molar-refractivity contribution in [3.63, 3.8) is 0 Å². The Labute approximate surface area is 538 Å². The molecule has 4 nitrogen and oxygen atoms in total. The first-order chi connectivity index (χ1) is 44.4. The third-order valence-corrected chi connectivity index (χ3v) is 21.9. The fraction of sp³-hybridized carbons (Fsp3) is 0.153. The highest BCUT2D eigenvalue weighted by molar-refractivity contribution is 7.26. The van der Waals surface area contributed by atoms with Gasteiger partial charge in [0.15, 0.2) is 11.2 Å². The molecule has 3 aliphatic rings. The van der Waals surface area contributed by atoms with Crippen molar-refractivity contribution in [3.8, 4) is 0 Å². The summed E-state index contributed by atoms with van der Waals surface area (Å²) in [6.07, 6.45) is 11.7. The summed E-state index contributed by atoms with van der Waals surface area (Å²) in [4.78, 5) is 5.08. The second-order valence-electron chi connectivity index (χ2n) is 26.5. The average Bonchev–Trinajstić information content (AvgIpc) is 1.52. The lowest BCUT2D eigenvalue weighted by Gasteiger charge is -2.40. The standard InChI is InChI=1S/C83H62N2O2S2.C2H6/c1-81(2,3)49-37-41-51(42-38-49)84(67-31-19-27-57-55-23-9-15-33-71(55)86-77(57)67)69-47-65-59(79-75(69)61-25-11-17-35-73(61)88-79)45-46-60-66(83(65)63-29-13-7-21-53(63)54-22-8-14-30-64(54)83)48-70(76-62-26-12-18-36-74(62)89-80(60)76)85(52-43-39-50(40-44-52)82(4,5)6)68-32-20-28-58-56-24-10-16-34-72(56)87-78(58)68;1-2/h7-13,15-29,31-48H,14,30H2,1-6H3;1-2H3. The Morgan fingerprint density at radius 2 is 0.835 bits per heavy atom. The van der Waals surface area contributed by atoms with E-state index in [1.165, 1.54) is 96.0 Å². The molecular formula is C85H68N2O2S2. The van der Waals surface area contributed by atoms with E-state index in [-0.39, 0.29) is 10.8 Å². The molecule has 0 fully saturated rings. The van der Waals surface area contributed by atoms with Gasteiger partial charge >= 0.3 is 0 Å². The van der Waals surface area contributed by atoms with E-state index >= 15 is 0 Å². The number of fused-ring (bicyclic) bond motifs is 22. The molecule has 6 heteroatoms. The van der Waals surface area contributed by atoms with Gasteiger partial charge in [0.2, 0.25) is 0 Å². The molecule has 0 unspecified atom stereocenters. The van der Waals surface area contributed by atoms with Crippen molar-refractivity contribution in [3.05, 3.63) is 281 Å². The predicted octanol–water partition coefficient (Wildman–Crippen LogP) is 25.7. The lowest BCUT2D eigenvalue weighted by atomic mass is 9.63. The number of thiophene rings is 2. The third-order valence-electron chi connectivity index (χ3n) is 19.5. The lowest BCUT2D eigenvalue weighted by molar-refractivity contribution is 0.590. The summed E-state index contributed by atoms with van der Waals surface area (Å²) in [6, 6.07) is 81.9. The Bertz CT molecular complexity index is 5290. The molecule has 0 radical (unpaired) electrons. The number of hydrogen-bond donors (Lipinski definition) is 0. The van der Waals surface area contributed by atoms with E-state index in [0.29, 0.717) is 0 Å². The Hall–Kier alpha value is -9.72. The molecule has 4 aromatic heterocycles. The molecule has 91 heavy (non-hydrogen) atoms. The molecule has 442 valence electrons. The maximum atomic E-state index is 7.12. The van der Waals surface area contributed by atoms with Gasteiger partial charge in [0.1, 0.15) is 11.2 Å². The SMILES string of the molecule is CC.CC(C)(C)c1ccc(N(c2cccc3c2oc2ccccc23)c2cc3c(c4sc5ccccc5c24)C=Cc2c(cc(N(c4ccc(C(C)(C)C)cc4)c4cccc5c4oc4ccccc45)c4c2sc2ccccc24)C32C3=C(C=CCC3)c3ccccc32)cc1. The van der Waals surface area contributed by atoms with Crippen molar-refractivity contribution in [1.82, 2.24) is 0 Å². The first kappa shape index (κ1) is 55.4. The average molecular weight is 1210 g/mol. The molecule has 0 saturated heterocycles. The van der Waals surface area contributed by atoms with Crippen LogP contribution in [0.3, 0.4) is 0 Å². The minimum absolute atomic E-state index is 0.0480. The van der Waals surface area contributed by atoms with Gasteiger partial charge in [-0.25, -0.2) is 0 Å². The van der Waals surface area contributed by atoms with Crippen LogP contribution in [-0.4, -0.2) is 0 Å². The number of anilines is 6. The highest BCUT2D eigenvalue weighted by atomic mass is 32.1. The Morgan fingerprint density at radius 1 is 0.407 bits per heavy atom. The molecule has 0 saturated carbocycles. The molecule has 0 atom stereocenters. The zero-order valence-electron chi connectivity index (χ0n) is 52.5. The fourth-order valence-corrected chi connectivity index (χ4v) is 17.9. The highest BCUT2D eigenvalue weighted by Crippen LogP contribution is 2.65. The van der Waals surface area contributed by atoms with Gasteiger partial charge in [-0.2, -0.15) is 0 Å². The van der Waals surface area contributed by atoms with E-state index in [1.54, 1.807) is 0 Å². The Morgan fingerprint density at radius 3 is 1.32 bits per heavy atom. The summed E-state index contributed by atoms with van der Waals surface area (Å²) in [5.74, 6) is 0. The number of benzene rings is 11. The molecule has 15 aromatic rings. The van der Waals surface area contributed by atoms with Crippen LogP contribution in [0.1, 0.15) is 113 Å². The van der Waals surface area contributed by atoms with Crippen molar-refractivity contribution in [2.24, 2.45) is 0 Å². The lowest BCUT2D eigenvalue weighted by Crippen LogP contribution is -2.32. The van der Waals surface area contributed by atoms with Crippen LogP contribution < -0.4 is 9.80 Å². The molecule has 18 rings (SSSR count). The van der Waals surface area contributed by atoms with Crippen molar-refractivity contribution >= 4 is 159 Å². The van der Waals surface area contributed by atoms with Crippen LogP contribution in [-0.2, 0) is 16.2 Å². The van der Waals surface area contributed by atoms with Crippen molar-refractivity contribution in [1.29, 1.82) is 0 Å². The van der Waals surface area contributed by atoms with Crippen LogP contribution >= 0.6 is 22.7 Å². The number of hydrogen-bond acceptors (Lipinski definition) is 6. The fourth-order valence-electron chi connectivity index (χ4n) is 15.4. The summed E-state index contributed by atoms with van der Waals surface area (Å²) >= 11 is 3.84. The van der Waals surface area contributed by atoms with E-state index in [4.69, 9.17) is 8.83 Å². The van der Waals surface area contributed by atoms with Crippen LogP contribution in [0.15, 0.2) is 245 Å². The normalized spacial score (nSPS) is 14.2. The zero-order chi connectivity index (χ0) is 61.7. The number of para-hydroxylation sites is 4. The van der Waals surface area contributed by atoms with Gasteiger partial charge in [0, 0.05) is 73.3 Å². The molecule has 0 bridgehead atoms. The van der Waals surface area contributed by atoms with Gasteiger partial charge in [-0.3, -0.25) is 0 Å². The van der Waals surface area contributed by atoms with Gasteiger partial charge in [0.05, 0.1) is 28.2 Å². The first-order valence-corrected chi connectivity index (χ1v) is 33.8. The van der Waals surface area contributed by atoms with Gasteiger partial charge in [-0.1, -0.05) is 225 Å². The summed E-state index contributed by atoms with van der Waals surface area (Å²) in [7, 11) is 0. The van der Waals surface area contributed by atoms with Gasteiger partial charge in [-0.15, -0.1) is 22.7 Å².